The van der Waals surface area contributed by atoms with Crippen LogP contribution in [-0.4, -0.2) is 36.4 Å². The summed E-state index contributed by atoms with van der Waals surface area (Å²) in [5.41, 5.74) is -0.460. The summed E-state index contributed by atoms with van der Waals surface area (Å²) in [4.78, 5) is 45.8. The number of esters is 1. The molecule has 0 fully saturated rings. The Kier molecular flexibility index (Phi) is 8.20. The lowest BCUT2D eigenvalue weighted by atomic mass is 10.1. The molecule has 2 aromatic rings. The molecule has 0 heterocycles. The van der Waals surface area contributed by atoms with E-state index in [0.29, 0.717) is 0 Å². The van der Waals surface area contributed by atoms with E-state index in [1.54, 1.807) is 0 Å². The summed E-state index contributed by atoms with van der Waals surface area (Å²) in [7, 11) is 1.15. The zero-order chi connectivity index (χ0) is 24.7. The molecule has 0 saturated carbocycles. The topological polar surface area (TPSA) is 146 Å². The van der Waals surface area contributed by atoms with Crippen molar-refractivity contribution < 1.29 is 42.3 Å². The minimum Gasteiger partial charge on any atom is -0.493 e. The summed E-state index contributed by atoms with van der Waals surface area (Å²) in [6.45, 7) is -1.36. The van der Waals surface area contributed by atoms with Crippen molar-refractivity contribution in [2.75, 3.05) is 17.7 Å². The number of ether oxygens (including phenoxy) is 3. The summed E-state index contributed by atoms with van der Waals surface area (Å²) >= 11 is 0. The largest absolute Gasteiger partial charge is 0.493 e. The van der Waals surface area contributed by atoms with Gasteiger partial charge in [-0.15, -0.1) is 0 Å². The van der Waals surface area contributed by atoms with E-state index in [-0.39, 0.29) is 28.3 Å². The number of hydrogen-bond acceptors (Lipinski definition) is 8. The van der Waals surface area contributed by atoms with E-state index in [1.165, 1.54) is 32.0 Å². The van der Waals surface area contributed by atoms with Crippen molar-refractivity contribution in [3.05, 3.63) is 51.6 Å². The smallest absolute Gasteiger partial charge is 0.387 e. The molecule has 2 N–H and O–H groups in total. The first kappa shape index (κ1) is 25.0. The van der Waals surface area contributed by atoms with Crippen molar-refractivity contribution in [2.24, 2.45) is 0 Å². The summed E-state index contributed by atoms with van der Waals surface area (Å²) < 4.78 is 39.4. The van der Waals surface area contributed by atoms with E-state index in [1.807, 2.05) is 0 Å². The van der Waals surface area contributed by atoms with Crippen LogP contribution in [0.5, 0.6) is 11.5 Å². The zero-order valence-electron chi connectivity index (χ0n) is 17.6. The molecule has 176 valence electrons. The number of halogens is 2. The normalized spacial score (nSPS) is 10.4. The van der Waals surface area contributed by atoms with Gasteiger partial charge in [-0.1, -0.05) is 0 Å². The number of benzene rings is 2. The molecular weight excluding hydrogens is 448 g/mol. The van der Waals surface area contributed by atoms with Gasteiger partial charge >= 0.3 is 12.6 Å². The van der Waals surface area contributed by atoms with Gasteiger partial charge in [-0.25, -0.2) is 4.79 Å². The third kappa shape index (κ3) is 7.12. The molecular formula is C20H19F2N3O8. The summed E-state index contributed by atoms with van der Waals surface area (Å²) in [6, 6.07) is 5.75. The third-order valence-corrected chi connectivity index (χ3v) is 3.95. The van der Waals surface area contributed by atoms with Crippen LogP contribution in [0.3, 0.4) is 0 Å². The molecule has 2 aromatic carbocycles. The van der Waals surface area contributed by atoms with Gasteiger partial charge in [-0.05, 0) is 24.3 Å². The minimum atomic E-state index is -3.24. The number of nitrogens with zero attached hydrogens (tertiary/aromatic N) is 1. The number of rotatable bonds is 9. The highest BCUT2D eigenvalue weighted by Crippen LogP contribution is 2.36. The van der Waals surface area contributed by atoms with Gasteiger partial charge in [0.1, 0.15) is 6.61 Å². The number of nitro groups is 1. The SMILES string of the molecule is COc1cc(COC(=O)c2cc(NC(C)=O)cc(NC(C)=O)c2)c([N+](=O)[O-])cc1OC(F)F. The van der Waals surface area contributed by atoms with Gasteiger partial charge in [0, 0.05) is 25.2 Å². The Balaban J connectivity index is 2.33. The van der Waals surface area contributed by atoms with Gasteiger partial charge < -0.3 is 24.8 Å². The standard InChI is InChI=1S/C20H19F2N3O8/c1-10(26)23-14-4-12(5-15(7-14)24-11(2)27)19(28)32-9-13-6-17(31-3)18(33-20(21)22)8-16(13)25(29)30/h4-8,20H,9H2,1-3H3,(H,23,26)(H,24,27). The minimum absolute atomic E-state index is 0.0720. The van der Waals surface area contributed by atoms with Gasteiger partial charge in [0.2, 0.25) is 11.8 Å². The number of carbonyl (C=O) groups is 3. The molecule has 0 aliphatic heterocycles. The van der Waals surface area contributed by atoms with E-state index in [9.17, 15) is 33.3 Å². The summed E-state index contributed by atoms with van der Waals surface area (Å²) in [5, 5.41) is 16.3. The van der Waals surface area contributed by atoms with E-state index < -0.39 is 47.4 Å². The van der Waals surface area contributed by atoms with Crippen LogP contribution in [0.4, 0.5) is 25.8 Å². The quantitative estimate of drug-likeness (QED) is 0.324. The fraction of sp³-hybridized carbons (Fsp3) is 0.250. The molecule has 0 aliphatic carbocycles. The Bertz CT molecular complexity index is 1060. The van der Waals surface area contributed by atoms with Crippen molar-refractivity contribution in [1.29, 1.82) is 0 Å². The van der Waals surface area contributed by atoms with Gasteiger partial charge in [-0.3, -0.25) is 19.7 Å². The van der Waals surface area contributed by atoms with Crippen LogP contribution >= 0.6 is 0 Å². The Morgan fingerprint density at radius 1 is 1.00 bits per heavy atom. The first-order valence-electron chi connectivity index (χ1n) is 9.17. The van der Waals surface area contributed by atoms with Gasteiger partial charge in [0.15, 0.2) is 11.5 Å². The van der Waals surface area contributed by atoms with Gasteiger partial charge in [0.25, 0.3) is 5.69 Å². The highest BCUT2D eigenvalue weighted by atomic mass is 19.3. The predicted molar refractivity (Wildman–Crippen MR) is 110 cm³/mol. The van der Waals surface area contributed by atoms with Crippen LogP contribution in [-0.2, 0) is 20.9 Å². The number of nitrogens with one attached hydrogen (secondary N) is 2. The number of alkyl halides is 2. The second-order valence-corrected chi connectivity index (χ2v) is 6.50. The molecule has 0 aromatic heterocycles. The van der Waals surface area contributed by atoms with E-state index in [2.05, 4.69) is 15.4 Å². The average molecular weight is 467 g/mol. The molecule has 0 spiro atoms. The molecule has 0 unspecified atom stereocenters. The van der Waals surface area contributed by atoms with Crippen molar-refractivity contribution in [3.63, 3.8) is 0 Å². The number of hydrogen-bond donors (Lipinski definition) is 2. The monoisotopic (exact) mass is 467 g/mol. The van der Waals surface area contributed by atoms with Gasteiger partial charge in [0.05, 0.1) is 29.2 Å². The lowest BCUT2D eigenvalue weighted by molar-refractivity contribution is -0.386. The van der Waals surface area contributed by atoms with Crippen LogP contribution in [0, 0.1) is 10.1 Å². The zero-order valence-corrected chi connectivity index (χ0v) is 17.6. The Morgan fingerprint density at radius 2 is 1.58 bits per heavy atom. The molecule has 2 amide bonds. The Hall–Kier alpha value is -4.29. The maximum absolute atomic E-state index is 12.6. The third-order valence-electron chi connectivity index (χ3n) is 3.95. The van der Waals surface area contributed by atoms with E-state index >= 15 is 0 Å². The molecule has 11 nitrogen and oxygen atoms in total. The van der Waals surface area contributed by atoms with Crippen molar-refractivity contribution in [3.8, 4) is 11.5 Å². The van der Waals surface area contributed by atoms with Crippen LogP contribution < -0.4 is 20.1 Å². The van der Waals surface area contributed by atoms with Gasteiger partial charge in [-0.2, -0.15) is 8.78 Å². The molecule has 0 saturated heterocycles. The number of carbonyl (C=O) groups excluding carboxylic acids is 3. The molecule has 0 radical (unpaired) electrons. The molecule has 33 heavy (non-hydrogen) atoms. The number of nitro benzene ring substituents is 1. The summed E-state index contributed by atoms with van der Waals surface area (Å²) in [6.07, 6.45) is 0. The predicted octanol–water partition coefficient (Wildman–Crippen LogP) is 3.48. The maximum Gasteiger partial charge on any atom is 0.387 e. The first-order valence-corrected chi connectivity index (χ1v) is 9.17. The lowest BCUT2D eigenvalue weighted by Gasteiger charge is -2.13. The van der Waals surface area contributed by atoms with Crippen LogP contribution in [0.1, 0.15) is 29.8 Å². The highest BCUT2D eigenvalue weighted by Gasteiger charge is 2.23. The molecule has 2 rings (SSSR count). The second-order valence-electron chi connectivity index (χ2n) is 6.50. The maximum atomic E-state index is 12.6. The molecule has 0 bridgehead atoms. The molecule has 0 atom stereocenters. The van der Waals surface area contributed by atoms with E-state index in [0.717, 1.165) is 19.2 Å². The summed E-state index contributed by atoms with van der Waals surface area (Å²) in [5.74, 6) is -2.58. The number of methoxy groups -OCH3 is 1. The number of amides is 2. The van der Waals surface area contributed by atoms with Crippen molar-refractivity contribution in [2.45, 2.75) is 27.1 Å². The fourth-order valence-electron chi connectivity index (χ4n) is 2.75. The van der Waals surface area contributed by atoms with Crippen LogP contribution in [0.25, 0.3) is 0 Å². The molecule has 13 heteroatoms. The average Bonchev–Trinajstić information content (AvgIpc) is 2.70. The van der Waals surface area contributed by atoms with E-state index in [4.69, 9.17) is 9.47 Å². The Labute approximate surface area is 185 Å². The number of anilines is 2. The Morgan fingerprint density at radius 3 is 2.03 bits per heavy atom. The molecule has 0 aliphatic rings. The van der Waals surface area contributed by atoms with Crippen LogP contribution in [0.15, 0.2) is 30.3 Å². The first-order chi connectivity index (χ1) is 15.5. The van der Waals surface area contributed by atoms with Crippen molar-refractivity contribution >= 4 is 34.8 Å². The highest BCUT2D eigenvalue weighted by molar-refractivity contribution is 5.97. The second kappa shape index (κ2) is 10.8. The fourth-order valence-corrected chi connectivity index (χ4v) is 2.75. The lowest BCUT2D eigenvalue weighted by Crippen LogP contribution is -2.12. The van der Waals surface area contributed by atoms with Crippen molar-refractivity contribution in [1.82, 2.24) is 0 Å². The van der Waals surface area contributed by atoms with Crippen LogP contribution in [0.2, 0.25) is 0 Å².